The molecule has 0 saturated carbocycles. The summed E-state index contributed by atoms with van der Waals surface area (Å²) < 4.78 is 0. The highest BCUT2D eigenvalue weighted by atomic mass is 35.5. The molecule has 1 aliphatic heterocycles. The molecule has 1 N–H and O–H groups in total. The van der Waals surface area contributed by atoms with Crippen LogP contribution in [0, 0.1) is 6.92 Å². The van der Waals surface area contributed by atoms with E-state index in [9.17, 15) is 0 Å². The van der Waals surface area contributed by atoms with Crippen LogP contribution in [0.15, 0.2) is 24.3 Å². The van der Waals surface area contributed by atoms with Crippen LogP contribution in [0.25, 0.3) is 11.0 Å². The van der Waals surface area contributed by atoms with E-state index >= 15 is 0 Å². The van der Waals surface area contributed by atoms with E-state index < -0.39 is 0 Å². The first-order chi connectivity index (χ1) is 9.76. The van der Waals surface area contributed by atoms with E-state index in [1.165, 1.54) is 12.8 Å². The smallest absolute Gasteiger partial charge is 0.0890 e. The molecule has 1 aromatic heterocycles. The third kappa shape index (κ3) is 3.70. The third-order valence-electron chi connectivity index (χ3n) is 4.13. The number of nitrogens with zero attached hydrogens (tertiary/aromatic N) is 3. The summed E-state index contributed by atoms with van der Waals surface area (Å²) in [5, 5.41) is 3.39. The molecule has 1 unspecified atom stereocenters. The van der Waals surface area contributed by atoms with Crippen molar-refractivity contribution in [1.29, 1.82) is 0 Å². The van der Waals surface area contributed by atoms with Crippen molar-refractivity contribution in [2.75, 3.05) is 20.1 Å². The van der Waals surface area contributed by atoms with Crippen LogP contribution in [0.2, 0.25) is 0 Å². The molecular weight excluding hydrogens is 284 g/mol. The highest BCUT2D eigenvalue weighted by Gasteiger charge is 2.19. The number of hydrogen-bond donors (Lipinski definition) is 1. The van der Waals surface area contributed by atoms with Crippen LogP contribution >= 0.6 is 12.4 Å². The van der Waals surface area contributed by atoms with Gasteiger partial charge in [-0.05, 0) is 45.5 Å². The normalized spacial score (nSPS) is 19.4. The van der Waals surface area contributed by atoms with Gasteiger partial charge < -0.3 is 5.32 Å². The fourth-order valence-electron chi connectivity index (χ4n) is 2.92. The summed E-state index contributed by atoms with van der Waals surface area (Å²) in [5.74, 6) is 0. The van der Waals surface area contributed by atoms with Crippen LogP contribution in [0.3, 0.4) is 0 Å². The van der Waals surface area contributed by atoms with Crippen LogP contribution < -0.4 is 5.32 Å². The van der Waals surface area contributed by atoms with Gasteiger partial charge in [-0.25, -0.2) is 9.97 Å². The largest absolute Gasteiger partial charge is 0.316 e. The van der Waals surface area contributed by atoms with Gasteiger partial charge >= 0.3 is 0 Å². The molecule has 0 spiro atoms. The van der Waals surface area contributed by atoms with Crippen molar-refractivity contribution >= 4 is 23.4 Å². The van der Waals surface area contributed by atoms with Gasteiger partial charge in [-0.2, -0.15) is 0 Å². The van der Waals surface area contributed by atoms with E-state index in [1.54, 1.807) is 0 Å². The second-order valence-electron chi connectivity index (χ2n) is 5.61. The van der Waals surface area contributed by atoms with Crippen LogP contribution in [-0.2, 0) is 6.54 Å². The number of piperidine rings is 1. The van der Waals surface area contributed by atoms with Gasteiger partial charge in [-0.1, -0.05) is 12.1 Å². The number of aryl methyl sites for hydroxylation is 1. The standard InChI is InChI=1S/C16H22N4.ClH/c1-12-16(11-20-9-5-6-13(10-20)17-2)19-15-8-4-3-7-14(15)18-12;/h3-4,7-8,13,17H,5-6,9-11H2,1-2H3;1H. The minimum Gasteiger partial charge on any atom is -0.316 e. The summed E-state index contributed by atoms with van der Waals surface area (Å²) in [5.41, 5.74) is 4.14. The number of nitrogens with one attached hydrogen (secondary N) is 1. The van der Waals surface area contributed by atoms with Gasteiger partial charge in [0.1, 0.15) is 0 Å². The number of aromatic nitrogens is 2. The fourth-order valence-corrected chi connectivity index (χ4v) is 2.92. The molecule has 3 rings (SSSR count). The average Bonchev–Trinajstić information content (AvgIpc) is 2.48. The second kappa shape index (κ2) is 7.16. The number of benzene rings is 1. The van der Waals surface area contributed by atoms with Crippen LogP contribution in [0.4, 0.5) is 0 Å². The Labute approximate surface area is 132 Å². The van der Waals surface area contributed by atoms with Crippen LogP contribution in [0.1, 0.15) is 24.2 Å². The number of likely N-dealkylation sites (tertiary alicyclic amines) is 1. The molecule has 114 valence electrons. The molecule has 1 aromatic carbocycles. The summed E-state index contributed by atoms with van der Waals surface area (Å²) in [6, 6.07) is 8.71. The van der Waals surface area contributed by atoms with Crippen LogP contribution in [-0.4, -0.2) is 41.0 Å². The molecule has 0 bridgehead atoms. The zero-order valence-corrected chi connectivity index (χ0v) is 13.5. The minimum absolute atomic E-state index is 0. The number of rotatable bonds is 3. The Morgan fingerprint density at radius 1 is 1.24 bits per heavy atom. The number of likely N-dealkylation sites (N-methyl/N-ethyl adjacent to an activating group) is 1. The van der Waals surface area contributed by atoms with Crippen molar-refractivity contribution in [3.63, 3.8) is 0 Å². The molecule has 5 heteroatoms. The fraction of sp³-hybridized carbons (Fsp3) is 0.500. The summed E-state index contributed by atoms with van der Waals surface area (Å²) in [4.78, 5) is 12.0. The van der Waals surface area contributed by atoms with Gasteiger partial charge in [-0.3, -0.25) is 4.90 Å². The third-order valence-corrected chi connectivity index (χ3v) is 4.13. The van der Waals surface area contributed by atoms with Gasteiger partial charge in [0.2, 0.25) is 0 Å². The Balaban J connectivity index is 0.00000161. The lowest BCUT2D eigenvalue weighted by Gasteiger charge is -2.32. The number of para-hydroxylation sites is 2. The Morgan fingerprint density at radius 3 is 2.67 bits per heavy atom. The topological polar surface area (TPSA) is 41.0 Å². The highest BCUT2D eigenvalue weighted by molar-refractivity contribution is 5.85. The maximum Gasteiger partial charge on any atom is 0.0890 e. The first-order valence-electron chi connectivity index (χ1n) is 7.38. The lowest BCUT2D eigenvalue weighted by molar-refractivity contribution is 0.186. The van der Waals surface area contributed by atoms with Crippen molar-refractivity contribution in [2.24, 2.45) is 0 Å². The molecule has 1 aliphatic rings. The molecule has 1 atom stereocenters. The molecule has 21 heavy (non-hydrogen) atoms. The Kier molecular flexibility index (Phi) is 5.51. The predicted molar refractivity (Wildman–Crippen MR) is 88.9 cm³/mol. The van der Waals surface area contributed by atoms with Gasteiger partial charge in [0.15, 0.2) is 0 Å². The molecule has 0 radical (unpaired) electrons. The number of fused-ring (bicyclic) bond motifs is 1. The van der Waals surface area contributed by atoms with E-state index in [4.69, 9.17) is 4.98 Å². The first kappa shape index (κ1) is 16.1. The van der Waals surface area contributed by atoms with Crippen LogP contribution in [0.5, 0.6) is 0 Å². The monoisotopic (exact) mass is 306 g/mol. The SMILES string of the molecule is CNC1CCCN(Cc2nc3ccccc3nc2C)C1.Cl. The Hall–Kier alpha value is -1.23. The highest BCUT2D eigenvalue weighted by Crippen LogP contribution is 2.16. The van der Waals surface area contributed by atoms with Crippen molar-refractivity contribution < 1.29 is 0 Å². The zero-order chi connectivity index (χ0) is 13.9. The van der Waals surface area contributed by atoms with Crippen molar-refractivity contribution in [3.05, 3.63) is 35.7 Å². The molecule has 0 aliphatic carbocycles. The van der Waals surface area contributed by atoms with E-state index in [1.807, 2.05) is 24.3 Å². The van der Waals surface area contributed by atoms with Gasteiger partial charge in [0, 0.05) is 19.1 Å². The lowest BCUT2D eigenvalue weighted by atomic mass is 10.1. The maximum absolute atomic E-state index is 4.80. The number of halogens is 1. The summed E-state index contributed by atoms with van der Waals surface area (Å²) in [6.45, 7) is 5.23. The van der Waals surface area contributed by atoms with Gasteiger partial charge in [0.25, 0.3) is 0 Å². The lowest BCUT2D eigenvalue weighted by Crippen LogP contribution is -2.44. The van der Waals surface area contributed by atoms with Crippen molar-refractivity contribution in [2.45, 2.75) is 32.4 Å². The molecule has 2 aromatic rings. The van der Waals surface area contributed by atoms with E-state index in [-0.39, 0.29) is 12.4 Å². The molecular formula is C16H23ClN4. The first-order valence-corrected chi connectivity index (χ1v) is 7.38. The molecule has 1 saturated heterocycles. The molecule has 2 heterocycles. The molecule has 4 nitrogen and oxygen atoms in total. The van der Waals surface area contributed by atoms with Crippen molar-refractivity contribution in [3.8, 4) is 0 Å². The van der Waals surface area contributed by atoms with E-state index in [0.717, 1.165) is 42.1 Å². The summed E-state index contributed by atoms with van der Waals surface area (Å²) >= 11 is 0. The van der Waals surface area contributed by atoms with Gasteiger partial charge in [-0.15, -0.1) is 12.4 Å². The zero-order valence-electron chi connectivity index (χ0n) is 12.7. The van der Waals surface area contributed by atoms with Gasteiger partial charge in [0.05, 0.1) is 22.4 Å². The Bertz CT molecular complexity index is 602. The maximum atomic E-state index is 4.80. The van der Waals surface area contributed by atoms with Crippen molar-refractivity contribution in [1.82, 2.24) is 20.2 Å². The molecule has 0 amide bonds. The minimum atomic E-state index is 0. The summed E-state index contributed by atoms with van der Waals surface area (Å²) in [6.07, 6.45) is 2.53. The predicted octanol–water partition coefficient (Wildman–Crippen LogP) is 2.54. The average molecular weight is 307 g/mol. The quantitative estimate of drug-likeness (QED) is 0.946. The number of hydrogen-bond acceptors (Lipinski definition) is 4. The second-order valence-corrected chi connectivity index (χ2v) is 5.61. The Morgan fingerprint density at radius 2 is 1.95 bits per heavy atom. The molecule has 1 fully saturated rings. The van der Waals surface area contributed by atoms with E-state index in [0.29, 0.717) is 6.04 Å². The summed E-state index contributed by atoms with van der Waals surface area (Å²) in [7, 11) is 2.05. The van der Waals surface area contributed by atoms with E-state index in [2.05, 4.69) is 29.2 Å².